The fourth-order valence-electron chi connectivity index (χ4n) is 3.16. The molecular formula is C22H25FN2O3. The zero-order valence-corrected chi connectivity index (χ0v) is 15.7. The van der Waals surface area contributed by atoms with Gasteiger partial charge in [0.2, 0.25) is 5.91 Å². The highest BCUT2D eigenvalue weighted by molar-refractivity contribution is 5.92. The molecule has 0 saturated carbocycles. The first-order chi connectivity index (χ1) is 13.6. The van der Waals surface area contributed by atoms with Gasteiger partial charge in [0.05, 0.1) is 25.9 Å². The van der Waals surface area contributed by atoms with E-state index in [1.165, 1.54) is 18.2 Å². The summed E-state index contributed by atoms with van der Waals surface area (Å²) in [4.78, 5) is 14.5. The molecule has 2 aromatic rings. The lowest BCUT2D eigenvalue weighted by molar-refractivity contribution is -0.117. The van der Waals surface area contributed by atoms with Crippen molar-refractivity contribution in [2.24, 2.45) is 0 Å². The number of nitrogens with one attached hydrogen (secondary N) is 1. The van der Waals surface area contributed by atoms with Gasteiger partial charge in [-0.25, -0.2) is 4.39 Å². The van der Waals surface area contributed by atoms with Crippen LogP contribution in [0.3, 0.4) is 0 Å². The molecule has 2 aromatic carbocycles. The summed E-state index contributed by atoms with van der Waals surface area (Å²) in [6.45, 7) is 3.88. The topological polar surface area (TPSA) is 61.8 Å². The molecule has 1 aliphatic heterocycles. The summed E-state index contributed by atoms with van der Waals surface area (Å²) in [5, 5.41) is 12.5. The monoisotopic (exact) mass is 384 g/mol. The number of morpholine rings is 1. The molecule has 1 saturated heterocycles. The van der Waals surface area contributed by atoms with E-state index in [1.807, 2.05) is 24.3 Å². The second-order valence-electron chi connectivity index (χ2n) is 6.77. The minimum absolute atomic E-state index is 0.208. The lowest BCUT2D eigenvalue weighted by Gasteiger charge is -2.27. The Balaban J connectivity index is 1.62. The Bertz CT molecular complexity index is 819. The van der Waals surface area contributed by atoms with Crippen molar-refractivity contribution in [2.45, 2.75) is 12.6 Å². The molecule has 5 nitrogen and oxygen atoms in total. The van der Waals surface area contributed by atoms with Crippen molar-refractivity contribution in [1.29, 1.82) is 0 Å². The zero-order valence-electron chi connectivity index (χ0n) is 15.7. The molecule has 3 rings (SSSR count). The van der Waals surface area contributed by atoms with Crippen LogP contribution in [0.25, 0.3) is 6.08 Å². The van der Waals surface area contributed by atoms with E-state index in [1.54, 1.807) is 18.2 Å². The van der Waals surface area contributed by atoms with E-state index in [4.69, 9.17) is 4.74 Å². The number of carbonyl (C=O) groups excluding carboxylic acids is 1. The van der Waals surface area contributed by atoms with Crippen molar-refractivity contribution in [3.63, 3.8) is 0 Å². The third kappa shape index (κ3) is 5.99. The predicted octanol–water partition coefficient (Wildman–Crippen LogP) is 2.52. The molecule has 0 aliphatic carbocycles. The van der Waals surface area contributed by atoms with Gasteiger partial charge < -0.3 is 15.2 Å². The zero-order chi connectivity index (χ0) is 19.8. The van der Waals surface area contributed by atoms with E-state index >= 15 is 0 Å². The average molecular weight is 384 g/mol. The number of hydrogen-bond acceptors (Lipinski definition) is 4. The SMILES string of the molecule is O=C(/C=C/c1cccc(F)c1)N[C@H](CO)c1cccc(CN2CCOCC2)c1. The van der Waals surface area contributed by atoms with Gasteiger partial charge in [-0.2, -0.15) is 0 Å². The number of rotatable bonds is 7. The smallest absolute Gasteiger partial charge is 0.244 e. The fourth-order valence-corrected chi connectivity index (χ4v) is 3.16. The highest BCUT2D eigenvalue weighted by Crippen LogP contribution is 2.16. The van der Waals surface area contributed by atoms with Crippen molar-refractivity contribution in [3.05, 3.63) is 77.1 Å². The van der Waals surface area contributed by atoms with Gasteiger partial charge in [-0.15, -0.1) is 0 Å². The second kappa shape index (κ2) is 10.1. The van der Waals surface area contributed by atoms with Crippen LogP contribution in [-0.4, -0.2) is 48.8 Å². The predicted molar refractivity (Wildman–Crippen MR) is 106 cm³/mol. The van der Waals surface area contributed by atoms with Gasteiger partial charge in [-0.05, 0) is 34.9 Å². The Morgan fingerprint density at radius 3 is 2.75 bits per heavy atom. The van der Waals surface area contributed by atoms with Crippen LogP contribution in [-0.2, 0) is 16.1 Å². The molecule has 0 bridgehead atoms. The standard InChI is InChI=1S/C22H25FN2O3/c23-20-6-2-3-17(14-20)7-8-22(27)24-21(16-26)19-5-1-4-18(13-19)15-25-9-11-28-12-10-25/h1-8,13-14,21,26H,9-12,15-16H2,(H,24,27)/b8-7+/t21-/m1/s1. The molecule has 148 valence electrons. The summed E-state index contributed by atoms with van der Waals surface area (Å²) in [6.07, 6.45) is 2.89. The van der Waals surface area contributed by atoms with Gasteiger partial charge in [0.15, 0.2) is 0 Å². The number of benzene rings is 2. The molecule has 0 aromatic heterocycles. The number of nitrogens with zero attached hydrogens (tertiary/aromatic N) is 1. The maximum Gasteiger partial charge on any atom is 0.244 e. The first-order valence-electron chi connectivity index (χ1n) is 9.38. The maximum absolute atomic E-state index is 13.2. The molecule has 0 spiro atoms. The van der Waals surface area contributed by atoms with Crippen molar-refractivity contribution in [3.8, 4) is 0 Å². The quantitative estimate of drug-likeness (QED) is 0.720. The summed E-state index contributed by atoms with van der Waals surface area (Å²) >= 11 is 0. The largest absolute Gasteiger partial charge is 0.394 e. The van der Waals surface area contributed by atoms with Crippen molar-refractivity contribution < 1.29 is 19.0 Å². The third-order valence-corrected chi connectivity index (χ3v) is 4.64. The number of amides is 1. The molecule has 28 heavy (non-hydrogen) atoms. The highest BCUT2D eigenvalue weighted by Gasteiger charge is 2.15. The Morgan fingerprint density at radius 1 is 1.21 bits per heavy atom. The van der Waals surface area contributed by atoms with E-state index in [9.17, 15) is 14.3 Å². The summed E-state index contributed by atoms with van der Waals surface area (Å²) in [5.41, 5.74) is 2.58. The minimum atomic E-state index is -0.505. The van der Waals surface area contributed by atoms with Crippen LogP contribution >= 0.6 is 0 Å². The van der Waals surface area contributed by atoms with Crippen LogP contribution in [0.4, 0.5) is 4.39 Å². The highest BCUT2D eigenvalue weighted by atomic mass is 19.1. The molecule has 0 radical (unpaired) electrons. The Hall–Kier alpha value is -2.54. The lowest BCUT2D eigenvalue weighted by Crippen LogP contribution is -2.35. The number of aliphatic hydroxyl groups excluding tert-OH is 1. The van der Waals surface area contributed by atoms with E-state index < -0.39 is 6.04 Å². The molecular weight excluding hydrogens is 359 g/mol. The Morgan fingerprint density at radius 2 is 2.00 bits per heavy atom. The fraction of sp³-hybridized carbons (Fsp3) is 0.318. The molecule has 1 heterocycles. The lowest BCUT2D eigenvalue weighted by atomic mass is 10.0. The van der Waals surface area contributed by atoms with Crippen LogP contribution in [0, 0.1) is 5.82 Å². The van der Waals surface area contributed by atoms with Crippen molar-refractivity contribution in [2.75, 3.05) is 32.9 Å². The van der Waals surface area contributed by atoms with Crippen LogP contribution in [0.1, 0.15) is 22.7 Å². The number of ether oxygens (including phenoxy) is 1. The molecule has 1 fully saturated rings. The first kappa shape index (κ1) is 20.2. The first-order valence-corrected chi connectivity index (χ1v) is 9.38. The summed E-state index contributed by atoms with van der Waals surface area (Å²) in [6, 6.07) is 13.4. The summed E-state index contributed by atoms with van der Waals surface area (Å²) < 4.78 is 18.6. The summed E-state index contributed by atoms with van der Waals surface area (Å²) in [5.74, 6) is -0.699. The van der Waals surface area contributed by atoms with Crippen LogP contribution < -0.4 is 5.32 Å². The van der Waals surface area contributed by atoms with Crippen molar-refractivity contribution >= 4 is 12.0 Å². The van der Waals surface area contributed by atoms with Crippen LogP contribution in [0.2, 0.25) is 0 Å². The molecule has 2 N–H and O–H groups in total. The van der Waals surface area contributed by atoms with E-state index in [0.29, 0.717) is 5.56 Å². The maximum atomic E-state index is 13.2. The van der Waals surface area contributed by atoms with Gasteiger partial charge in [0.1, 0.15) is 5.82 Å². The van der Waals surface area contributed by atoms with Gasteiger partial charge in [-0.1, -0.05) is 36.4 Å². The minimum Gasteiger partial charge on any atom is -0.394 e. The average Bonchev–Trinajstić information content (AvgIpc) is 2.71. The Labute approximate surface area is 164 Å². The normalized spacial score (nSPS) is 16.2. The summed E-state index contributed by atoms with van der Waals surface area (Å²) in [7, 11) is 0. The van der Waals surface area contributed by atoms with E-state index in [2.05, 4.69) is 10.2 Å². The number of carbonyl (C=O) groups is 1. The number of aliphatic hydroxyl groups is 1. The molecule has 1 atom stereocenters. The molecule has 0 unspecified atom stereocenters. The molecule has 1 aliphatic rings. The number of halogens is 1. The van der Waals surface area contributed by atoms with Crippen LogP contribution in [0.5, 0.6) is 0 Å². The van der Waals surface area contributed by atoms with Gasteiger partial charge in [0, 0.05) is 25.7 Å². The molecule has 1 amide bonds. The molecule has 6 heteroatoms. The van der Waals surface area contributed by atoms with Crippen molar-refractivity contribution in [1.82, 2.24) is 10.2 Å². The Kier molecular flexibility index (Phi) is 7.31. The third-order valence-electron chi connectivity index (χ3n) is 4.64. The van der Waals surface area contributed by atoms with Crippen LogP contribution in [0.15, 0.2) is 54.6 Å². The second-order valence-corrected chi connectivity index (χ2v) is 6.77. The van der Waals surface area contributed by atoms with E-state index in [-0.39, 0.29) is 18.3 Å². The van der Waals surface area contributed by atoms with Gasteiger partial charge >= 0.3 is 0 Å². The van der Waals surface area contributed by atoms with Gasteiger partial charge in [-0.3, -0.25) is 9.69 Å². The van der Waals surface area contributed by atoms with E-state index in [0.717, 1.165) is 44.0 Å². The number of hydrogen-bond donors (Lipinski definition) is 2. The van der Waals surface area contributed by atoms with Gasteiger partial charge in [0.25, 0.3) is 0 Å².